The zero-order valence-electron chi connectivity index (χ0n) is 10.1. The van der Waals surface area contributed by atoms with E-state index in [1.807, 2.05) is 7.17 Å². The third kappa shape index (κ3) is 2.69. The summed E-state index contributed by atoms with van der Waals surface area (Å²) in [5.41, 5.74) is 0.500. The van der Waals surface area contributed by atoms with E-state index in [2.05, 4.69) is 0 Å². The van der Waals surface area contributed by atoms with E-state index >= 15 is 0 Å². The summed E-state index contributed by atoms with van der Waals surface area (Å²) in [5, 5.41) is 0.526. The Morgan fingerprint density at radius 2 is 2.28 bits per heavy atom. The van der Waals surface area contributed by atoms with Crippen LogP contribution in [-0.4, -0.2) is 53.0 Å². The summed E-state index contributed by atoms with van der Waals surface area (Å²) in [6.07, 6.45) is 0. The molecule has 0 aliphatic carbocycles. The fourth-order valence-electron chi connectivity index (χ4n) is 1.98. The Labute approximate surface area is 115 Å². The highest BCUT2D eigenvalue weighted by Crippen LogP contribution is 2.28. The second-order valence-corrected chi connectivity index (χ2v) is 4.64. The minimum atomic E-state index is -0.0592. The van der Waals surface area contributed by atoms with E-state index in [1.165, 1.54) is 14.2 Å². The van der Waals surface area contributed by atoms with Gasteiger partial charge in [-0.1, -0.05) is 11.6 Å². The Hall–Kier alpha value is -1.03. The lowest BCUT2D eigenvalue weighted by Crippen LogP contribution is -2.49. The molecule has 2 rings (SSSR count). The quantitative estimate of drug-likeness (QED) is 0.753. The maximum absolute atomic E-state index is 12.2. The number of carbonyl (C=O) groups excluding carboxylic acids is 1. The fraction of sp³-hybridized carbons (Fsp3) is 0.364. The SMILES string of the molecule is [B][B][B]C1CN(C(=O)c2cc(Cl)ccc2OC)C1. The molecule has 0 atom stereocenters. The van der Waals surface area contributed by atoms with Crippen LogP contribution in [0.4, 0.5) is 0 Å². The van der Waals surface area contributed by atoms with Gasteiger partial charge in [0.25, 0.3) is 5.91 Å². The molecule has 1 fully saturated rings. The summed E-state index contributed by atoms with van der Waals surface area (Å²) >= 11 is 5.91. The van der Waals surface area contributed by atoms with Gasteiger partial charge in [-0.3, -0.25) is 4.79 Å². The summed E-state index contributed by atoms with van der Waals surface area (Å²) in [7, 11) is 10.3. The van der Waals surface area contributed by atoms with Gasteiger partial charge in [-0.25, -0.2) is 0 Å². The average molecular weight is 257 g/mol. The largest absolute Gasteiger partial charge is 0.496 e. The van der Waals surface area contributed by atoms with Crippen molar-refractivity contribution in [1.82, 2.24) is 4.90 Å². The molecule has 0 unspecified atom stereocenters. The third-order valence-electron chi connectivity index (χ3n) is 2.97. The molecular formula is C11H11B3ClNO2. The van der Waals surface area contributed by atoms with E-state index < -0.39 is 0 Å². The number of rotatable bonds is 4. The lowest BCUT2D eigenvalue weighted by molar-refractivity contribution is 0.0649. The van der Waals surface area contributed by atoms with Crippen molar-refractivity contribution in [3.63, 3.8) is 0 Å². The van der Waals surface area contributed by atoms with Gasteiger partial charge in [-0.05, 0) is 24.0 Å². The Kier molecular flexibility index (Phi) is 4.28. The maximum atomic E-state index is 12.2. The van der Waals surface area contributed by atoms with E-state index in [4.69, 9.17) is 24.1 Å². The van der Waals surface area contributed by atoms with Crippen LogP contribution in [0.3, 0.4) is 0 Å². The van der Waals surface area contributed by atoms with Crippen LogP contribution in [0, 0.1) is 0 Å². The van der Waals surface area contributed by atoms with Crippen molar-refractivity contribution in [3.05, 3.63) is 28.8 Å². The Bertz CT molecular complexity index is 452. The maximum Gasteiger partial charge on any atom is 0.257 e. The van der Waals surface area contributed by atoms with Gasteiger partial charge in [0.1, 0.15) is 5.75 Å². The minimum Gasteiger partial charge on any atom is -0.496 e. The van der Waals surface area contributed by atoms with Crippen LogP contribution in [0.1, 0.15) is 10.4 Å². The van der Waals surface area contributed by atoms with Crippen LogP contribution < -0.4 is 4.74 Å². The molecule has 1 aromatic carbocycles. The lowest BCUT2D eigenvalue weighted by atomic mass is 9.23. The number of carbonyl (C=O) groups is 1. The van der Waals surface area contributed by atoms with Crippen LogP contribution in [0.2, 0.25) is 10.8 Å². The van der Waals surface area contributed by atoms with Crippen LogP contribution >= 0.6 is 11.6 Å². The molecule has 1 heterocycles. The van der Waals surface area contributed by atoms with Crippen molar-refractivity contribution in [3.8, 4) is 5.75 Å². The van der Waals surface area contributed by atoms with Gasteiger partial charge in [-0.15, -0.1) is 0 Å². The van der Waals surface area contributed by atoms with Gasteiger partial charge in [0.2, 0.25) is 0 Å². The molecule has 1 aliphatic rings. The molecule has 1 amide bonds. The highest BCUT2D eigenvalue weighted by atomic mass is 35.5. The summed E-state index contributed by atoms with van der Waals surface area (Å²) in [5.74, 6) is 0.836. The number of ether oxygens (including phenoxy) is 1. The van der Waals surface area contributed by atoms with E-state index in [0.717, 1.165) is 0 Å². The van der Waals surface area contributed by atoms with Gasteiger partial charge in [0.05, 0.1) is 19.8 Å². The van der Waals surface area contributed by atoms with Crippen molar-refractivity contribution >= 4 is 39.5 Å². The summed E-state index contributed by atoms with van der Waals surface area (Å²) < 4.78 is 5.17. The summed E-state index contributed by atoms with van der Waals surface area (Å²) in [6.45, 7) is 1.37. The zero-order valence-corrected chi connectivity index (χ0v) is 10.9. The molecule has 88 valence electrons. The minimum absolute atomic E-state index is 0.0592. The molecular weight excluding hydrogens is 246 g/mol. The van der Waals surface area contributed by atoms with Gasteiger partial charge >= 0.3 is 0 Å². The first-order valence-electron chi connectivity index (χ1n) is 5.67. The van der Waals surface area contributed by atoms with E-state index in [-0.39, 0.29) is 5.91 Å². The summed E-state index contributed by atoms with van der Waals surface area (Å²) in [6, 6.07) is 5.04. The molecule has 18 heavy (non-hydrogen) atoms. The van der Waals surface area contributed by atoms with Gasteiger partial charge in [0.15, 0.2) is 0 Å². The number of nitrogens with zero attached hydrogens (tertiary/aromatic N) is 1. The second-order valence-electron chi connectivity index (χ2n) is 4.20. The molecule has 3 nitrogen and oxygen atoms in total. The van der Waals surface area contributed by atoms with Crippen LogP contribution in [-0.2, 0) is 0 Å². The number of hydrogen-bond acceptors (Lipinski definition) is 2. The average Bonchev–Trinajstić information content (AvgIpc) is 2.32. The molecule has 7 heteroatoms. The van der Waals surface area contributed by atoms with Crippen molar-refractivity contribution in [2.75, 3.05) is 20.2 Å². The number of halogens is 1. The third-order valence-corrected chi connectivity index (χ3v) is 3.21. The van der Waals surface area contributed by atoms with Gasteiger partial charge in [-0.2, -0.15) is 0 Å². The monoisotopic (exact) mass is 257 g/mol. The first kappa shape index (κ1) is 13.4. The topological polar surface area (TPSA) is 29.5 Å². The molecule has 1 aliphatic heterocycles. The van der Waals surface area contributed by atoms with E-state index in [0.29, 0.717) is 35.2 Å². The Balaban J connectivity index is 2.08. The van der Waals surface area contributed by atoms with E-state index in [1.54, 1.807) is 23.1 Å². The van der Waals surface area contributed by atoms with Crippen molar-refractivity contribution in [1.29, 1.82) is 0 Å². The van der Waals surface area contributed by atoms with Crippen LogP contribution in [0.15, 0.2) is 18.2 Å². The standard InChI is InChI=1S/C11H11B3ClNO2/c1-18-10-3-2-8(15)4-9(10)11(17)16-5-7(6-16)13-14-12/h2-4,7H,5-6H2,1H3. The Morgan fingerprint density at radius 1 is 1.56 bits per heavy atom. The first-order chi connectivity index (χ1) is 8.65. The highest BCUT2D eigenvalue weighted by molar-refractivity contribution is 7.24. The number of likely N-dealkylation sites (tertiary alicyclic amines) is 1. The highest BCUT2D eigenvalue weighted by Gasteiger charge is 2.31. The number of benzene rings is 1. The van der Waals surface area contributed by atoms with E-state index in [9.17, 15) is 4.79 Å². The smallest absolute Gasteiger partial charge is 0.257 e. The zero-order chi connectivity index (χ0) is 13.1. The fourth-order valence-corrected chi connectivity index (χ4v) is 2.15. The number of methoxy groups -OCH3 is 1. The molecule has 4 radical (unpaired) electrons. The molecule has 1 saturated heterocycles. The van der Waals surface area contributed by atoms with Crippen LogP contribution in [0.5, 0.6) is 5.75 Å². The van der Waals surface area contributed by atoms with Gasteiger partial charge < -0.3 is 9.64 Å². The summed E-state index contributed by atoms with van der Waals surface area (Å²) in [4.78, 5) is 14.0. The molecule has 1 aromatic rings. The predicted molar refractivity (Wildman–Crippen MR) is 74.9 cm³/mol. The molecule has 0 N–H and O–H groups in total. The molecule has 0 bridgehead atoms. The lowest BCUT2D eigenvalue weighted by Gasteiger charge is -2.39. The first-order valence-corrected chi connectivity index (χ1v) is 6.04. The molecule has 0 aromatic heterocycles. The molecule has 0 spiro atoms. The second kappa shape index (κ2) is 5.74. The van der Waals surface area contributed by atoms with Gasteiger partial charge in [0, 0.05) is 32.9 Å². The predicted octanol–water partition coefficient (Wildman–Crippen LogP) is 1.000. The normalized spacial score (nSPS) is 14.9. The van der Waals surface area contributed by atoms with Crippen molar-refractivity contribution in [2.45, 2.75) is 5.82 Å². The van der Waals surface area contributed by atoms with Crippen molar-refractivity contribution in [2.24, 2.45) is 0 Å². The Morgan fingerprint density at radius 3 is 2.89 bits per heavy atom. The molecule has 0 saturated carbocycles. The number of amides is 1. The van der Waals surface area contributed by atoms with Crippen LogP contribution in [0.25, 0.3) is 0 Å². The number of hydrogen-bond donors (Lipinski definition) is 0. The van der Waals surface area contributed by atoms with Crippen molar-refractivity contribution < 1.29 is 9.53 Å².